The van der Waals surface area contributed by atoms with Crippen molar-refractivity contribution in [2.75, 3.05) is 20.2 Å². The summed E-state index contributed by atoms with van der Waals surface area (Å²) in [5.74, 6) is 0.434. The second-order valence-corrected chi connectivity index (χ2v) is 8.41. The molecule has 6 heteroatoms. The highest BCUT2D eigenvalue weighted by atomic mass is 16.7. The van der Waals surface area contributed by atoms with Crippen molar-refractivity contribution in [2.45, 2.75) is 57.1 Å². The molecule has 5 rings (SSSR count). The largest absolute Gasteiger partial charge is 0.462 e. The van der Waals surface area contributed by atoms with Gasteiger partial charge >= 0.3 is 0 Å². The lowest BCUT2D eigenvalue weighted by atomic mass is 9.89. The van der Waals surface area contributed by atoms with Gasteiger partial charge in [0.2, 0.25) is 11.3 Å². The quantitative estimate of drug-likeness (QED) is 0.858. The van der Waals surface area contributed by atoms with Crippen molar-refractivity contribution in [3.05, 3.63) is 51.9 Å². The number of nitrogens with one attached hydrogen (secondary N) is 1. The second-order valence-electron chi connectivity index (χ2n) is 8.41. The normalized spacial score (nSPS) is 21.4. The lowest BCUT2D eigenvalue weighted by Gasteiger charge is -2.47. The van der Waals surface area contributed by atoms with Gasteiger partial charge in [0.1, 0.15) is 5.75 Å². The number of pyridine rings is 1. The first-order chi connectivity index (χ1) is 14.2. The number of H-pyrrole nitrogens is 1. The fourth-order valence-corrected chi connectivity index (χ4v) is 4.68. The molecule has 1 aromatic carbocycles. The van der Waals surface area contributed by atoms with Crippen molar-refractivity contribution < 1.29 is 14.2 Å². The standard InChI is InChI=1S/C23H28N2O4/c1-27-14-17-12-22(26)24-13-20(17)16-5-6-21-18(11-16)15-28-23(29-21)7-9-25(10-8-23)19-3-2-4-19/h5-6,11-13,19H,2-4,7-10,14-15H2,1H3,(H,24,26). The van der Waals surface area contributed by atoms with Gasteiger partial charge in [0.25, 0.3) is 0 Å². The Bertz CT molecular complexity index is 942. The zero-order chi connectivity index (χ0) is 19.8. The van der Waals surface area contributed by atoms with E-state index in [4.69, 9.17) is 14.2 Å². The average molecular weight is 396 g/mol. The number of ether oxygens (including phenoxy) is 3. The molecule has 2 fully saturated rings. The summed E-state index contributed by atoms with van der Waals surface area (Å²) in [5.41, 5.74) is 3.77. The molecule has 1 spiro atoms. The van der Waals surface area contributed by atoms with E-state index in [1.807, 2.05) is 12.1 Å². The minimum absolute atomic E-state index is 0.124. The van der Waals surface area contributed by atoms with E-state index < -0.39 is 5.79 Å². The molecule has 0 bridgehead atoms. The average Bonchev–Trinajstić information content (AvgIpc) is 2.69. The van der Waals surface area contributed by atoms with E-state index in [0.717, 1.165) is 60.0 Å². The Balaban J connectivity index is 1.35. The highest BCUT2D eigenvalue weighted by Crippen LogP contribution is 2.40. The smallest absolute Gasteiger partial charge is 0.248 e. The van der Waals surface area contributed by atoms with Gasteiger partial charge in [0.15, 0.2) is 0 Å². The zero-order valence-corrected chi connectivity index (χ0v) is 16.9. The summed E-state index contributed by atoms with van der Waals surface area (Å²) in [5, 5.41) is 0. The van der Waals surface area contributed by atoms with Gasteiger partial charge < -0.3 is 19.2 Å². The molecule has 1 saturated heterocycles. The summed E-state index contributed by atoms with van der Waals surface area (Å²) in [7, 11) is 1.63. The predicted molar refractivity (Wildman–Crippen MR) is 110 cm³/mol. The molecule has 0 radical (unpaired) electrons. The number of nitrogens with zero attached hydrogens (tertiary/aromatic N) is 1. The molecule has 0 unspecified atom stereocenters. The predicted octanol–water partition coefficient (Wildman–Crippen LogP) is 3.44. The number of benzene rings is 1. The topological polar surface area (TPSA) is 63.8 Å². The lowest BCUT2D eigenvalue weighted by Crippen LogP contribution is -2.54. The van der Waals surface area contributed by atoms with Gasteiger partial charge in [-0.05, 0) is 36.1 Å². The Morgan fingerprint density at radius 1 is 1.24 bits per heavy atom. The zero-order valence-electron chi connectivity index (χ0n) is 16.9. The van der Waals surface area contributed by atoms with Crippen LogP contribution in [0.2, 0.25) is 0 Å². The molecule has 2 aliphatic heterocycles. The van der Waals surface area contributed by atoms with Gasteiger partial charge in [0.05, 0.1) is 13.2 Å². The van der Waals surface area contributed by atoms with Crippen LogP contribution in [0, 0.1) is 0 Å². The van der Waals surface area contributed by atoms with Crippen molar-refractivity contribution in [1.29, 1.82) is 0 Å². The van der Waals surface area contributed by atoms with E-state index in [9.17, 15) is 4.79 Å². The number of hydrogen-bond donors (Lipinski definition) is 1. The highest BCUT2D eigenvalue weighted by Gasteiger charge is 2.42. The van der Waals surface area contributed by atoms with Crippen molar-refractivity contribution in [3.8, 4) is 16.9 Å². The lowest BCUT2D eigenvalue weighted by molar-refractivity contribution is -0.231. The number of rotatable bonds is 4. The number of fused-ring (bicyclic) bond motifs is 1. The molecule has 1 saturated carbocycles. The van der Waals surface area contributed by atoms with Crippen molar-refractivity contribution in [3.63, 3.8) is 0 Å². The van der Waals surface area contributed by atoms with Gasteiger partial charge in [-0.15, -0.1) is 0 Å². The molecule has 3 heterocycles. The summed E-state index contributed by atoms with van der Waals surface area (Å²) in [6.07, 6.45) is 7.65. The molecule has 3 aliphatic rings. The molecule has 1 aliphatic carbocycles. The fraction of sp³-hybridized carbons (Fsp3) is 0.522. The molecule has 2 aromatic rings. The third-order valence-corrected chi connectivity index (χ3v) is 6.62. The van der Waals surface area contributed by atoms with Crippen molar-refractivity contribution in [2.24, 2.45) is 0 Å². The number of likely N-dealkylation sites (tertiary alicyclic amines) is 1. The minimum Gasteiger partial charge on any atom is -0.462 e. The number of aromatic nitrogens is 1. The van der Waals surface area contributed by atoms with E-state index in [1.165, 1.54) is 19.3 Å². The monoisotopic (exact) mass is 396 g/mol. The first kappa shape index (κ1) is 18.9. The van der Waals surface area contributed by atoms with Crippen LogP contribution < -0.4 is 10.3 Å². The Kier molecular flexibility index (Phi) is 4.94. The Morgan fingerprint density at radius 2 is 2.07 bits per heavy atom. The van der Waals surface area contributed by atoms with Crippen LogP contribution in [-0.2, 0) is 22.7 Å². The third-order valence-electron chi connectivity index (χ3n) is 6.62. The summed E-state index contributed by atoms with van der Waals surface area (Å²) < 4.78 is 17.9. The van der Waals surface area contributed by atoms with Gasteiger partial charge in [-0.2, -0.15) is 0 Å². The van der Waals surface area contributed by atoms with Crippen LogP contribution in [0.5, 0.6) is 5.75 Å². The molecule has 0 atom stereocenters. The maximum Gasteiger partial charge on any atom is 0.248 e. The summed E-state index contributed by atoms with van der Waals surface area (Å²) >= 11 is 0. The molecule has 1 aromatic heterocycles. The van der Waals surface area contributed by atoms with E-state index in [0.29, 0.717) is 13.2 Å². The summed E-state index contributed by atoms with van der Waals surface area (Å²) in [6, 6.07) is 8.56. The summed E-state index contributed by atoms with van der Waals surface area (Å²) in [4.78, 5) is 17.1. The maximum atomic E-state index is 11.7. The van der Waals surface area contributed by atoms with Gasteiger partial charge in [-0.3, -0.25) is 9.69 Å². The summed E-state index contributed by atoms with van der Waals surface area (Å²) in [6.45, 7) is 3.05. The molecular formula is C23H28N2O4. The van der Waals surface area contributed by atoms with Crippen molar-refractivity contribution in [1.82, 2.24) is 9.88 Å². The second kappa shape index (κ2) is 7.59. The Labute approximate surface area is 170 Å². The molecule has 0 amide bonds. The molecule has 29 heavy (non-hydrogen) atoms. The van der Waals surface area contributed by atoms with Crippen LogP contribution in [0.25, 0.3) is 11.1 Å². The number of hydrogen-bond acceptors (Lipinski definition) is 5. The number of piperidine rings is 1. The van der Waals surface area contributed by atoms with E-state index in [2.05, 4.69) is 16.0 Å². The molecule has 154 valence electrons. The van der Waals surface area contributed by atoms with Crippen LogP contribution in [0.4, 0.5) is 0 Å². The molecular weight excluding hydrogens is 368 g/mol. The SMILES string of the molecule is COCc1cc(=O)[nH]cc1-c1ccc2c(c1)COC1(CCN(C3CCC3)CC1)O2. The molecule has 1 N–H and O–H groups in total. The van der Waals surface area contributed by atoms with Gasteiger partial charge in [-0.1, -0.05) is 12.5 Å². The van der Waals surface area contributed by atoms with E-state index in [1.54, 1.807) is 19.4 Å². The van der Waals surface area contributed by atoms with Crippen molar-refractivity contribution >= 4 is 0 Å². The Hall–Kier alpha value is -2.15. The van der Waals surface area contributed by atoms with Gasteiger partial charge in [-0.25, -0.2) is 0 Å². The number of methoxy groups -OCH3 is 1. The third kappa shape index (κ3) is 3.61. The Morgan fingerprint density at radius 3 is 2.79 bits per heavy atom. The van der Waals surface area contributed by atoms with Crippen LogP contribution in [0.3, 0.4) is 0 Å². The fourth-order valence-electron chi connectivity index (χ4n) is 4.68. The van der Waals surface area contributed by atoms with Gasteiger partial charge in [0, 0.05) is 62.5 Å². The first-order valence-corrected chi connectivity index (χ1v) is 10.6. The van der Waals surface area contributed by atoms with Crippen LogP contribution in [0.1, 0.15) is 43.2 Å². The highest BCUT2D eigenvalue weighted by molar-refractivity contribution is 5.68. The number of aromatic amines is 1. The van der Waals surface area contributed by atoms with Crippen LogP contribution >= 0.6 is 0 Å². The van der Waals surface area contributed by atoms with Crippen LogP contribution in [0.15, 0.2) is 35.3 Å². The van der Waals surface area contributed by atoms with E-state index >= 15 is 0 Å². The molecule has 6 nitrogen and oxygen atoms in total. The first-order valence-electron chi connectivity index (χ1n) is 10.6. The van der Waals surface area contributed by atoms with E-state index in [-0.39, 0.29) is 5.56 Å². The minimum atomic E-state index is -0.478. The maximum absolute atomic E-state index is 11.7. The van der Waals surface area contributed by atoms with Crippen LogP contribution in [-0.4, -0.2) is 41.9 Å².